The van der Waals surface area contributed by atoms with Crippen LogP contribution in [0.1, 0.15) is 31.8 Å². The molecule has 1 aliphatic rings. The van der Waals surface area contributed by atoms with Crippen LogP contribution in [0.25, 0.3) is 0 Å². The Morgan fingerprint density at radius 3 is 2.26 bits per heavy atom. The van der Waals surface area contributed by atoms with Gasteiger partial charge in [0.2, 0.25) is 0 Å². The molecule has 0 heterocycles. The van der Waals surface area contributed by atoms with E-state index in [-0.39, 0.29) is 31.7 Å². The van der Waals surface area contributed by atoms with Gasteiger partial charge in [-0.2, -0.15) is 8.42 Å². The smallest absolute Gasteiger partial charge is 0.296 e. The van der Waals surface area contributed by atoms with E-state index >= 15 is 0 Å². The van der Waals surface area contributed by atoms with Crippen molar-refractivity contribution >= 4 is 54.9 Å². The number of benzene rings is 2. The second-order valence-electron chi connectivity index (χ2n) is 4.84. The summed E-state index contributed by atoms with van der Waals surface area (Å²) in [6.45, 7) is 0. The molecular weight excluding hydrogens is 410 g/mol. The Morgan fingerprint density at radius 2 is 1.65 bits per heavy atom. The maximum absolute atomic E-state index is 12.7. The number of hydrogen-bond acceptors (Lipinski definition) is 5. The topological polar surface area (TPSA) is 115 Å². The molecule has 3 N–H and O–H groups in total. The van der Waals surface area contributed by atoms with Gasteiger partial charge in [-0.3, -0.25) is 14.1 Å². The number of nitrogen functional groups attached to an aromatic ring is 1. The number of fused-ring (bicyclic) bond motifs is 2. The normalized spacial score (nSPS) is 13.7. The summed E-state index contributed by atoms with van der Waals surface area (Å²) >= 11 is 8.92. The number of ketones is 2. The molecule has 0 aromatic heterocycles. The zero-order valence-corrected chi connectivity index (χ0v) is 14.3. The predicted octanol–water partition coefficient (Wildman–Crippen LogP) is 2.71. The Bertz CT molecular complexity index is 1020. The van der Waals surface area contributed by atoms with Gasteiger partial charge >= 0.3 is 0 Å². The summed E-state index contributed by atoms with van der Waals surface area (Å²) in [6, 6.07) is 5.20. The first-order valence-electron chi connectivity index (χ1n) is 6.11. The van der Waals surface area contributed by atoms with Gasteiger partial charge in [-0.15, -0.1) is 0 Å². The largest absolute Gasteiger partial charge is 0.397 e. The summed E-state index contributed by atoms with van der Waals surface area (Å²) < 4.78 is 32.1. The SMILES string of the molecule is Nc1c(S(=O)(=O)O)cc(Br)c2c1C(=O)c1cc(Cl)ccc1C2=O. The van der Waals surface area contributed by atoms with Gasteiger partial charge in [0, 0.05) is 20.6 Å². The van der Waals surface area contributed by atoms with E-state index < -0.39 is 32.3 Å². The lowest BCUT2D eigenvalue weighted by Crippen LogP contribution is -2.24. The number of nitrogens with two attached hydrogens (primary N) is 1. The standard InChI is InChI=1S/C14H7BrClNO5S/c15-8-4-9(23(20,21)22)12(17)11-10(8)13(18)6-2-1-5(16)3-7(6)14(11)19/h1-4H,17H2,(H,20,21,22). The van der Waals surface area contributed by atoms with E-state index in [1.165, 1.54) is 18.2 Å². The number of hydrogen-bond donors (Lipinski definition) is 2. The van der Waals surface area contributed by atoms with Gasteiger partial charge in [-0.25, -0.2) is 0 Å². The van der Waals surface area contributed by atoms with Crippen LogP contribution in [0.15, 0.2) is 33.6 Å². The van der Waals surface area contributed by atoms with Gasteiger partial charge in [-0.1, -0.05) is 11.6 Å². The van der Waals surface area contributed by atoms with Crippen LogP contribution in [0.3, 0.4) is 0 Å². The quantitative estimate of drug-likeness (QED) is 0.465. The average Bonchev–Trinajstić information content (AvgIpc) is 2.45. The molecule has 23 heavy (non-hydrogen) atoms. The van der Waals surface area contributed by atoms with Crippen molar-refractivity contribution in [3.8, 4) is 0 Å². The molecule has 0 radical (unpaired) electrons. The van der Waals surface area contributed by atoms with Gasteiger partial charge in [0.25, 0.3) is 10.1 Å². The summed E-state index contributed by atoms with van der Waals surface area (Å²) in [7, 11) is -4.66. The van der Waals surface area contributed by atoms with Crippen LogP contribution in [-0.2, 0) is 10.1 Å². The molecule has 0 saturated heterocycles. The molecule has 0 atom stereocenters. The molecule has 118 valence electrons. The third-order valence-electron chi connectivity index (χ3n) is 3.48. The lowest BCUT2D eigenvalue weighted by Gasteiger charge is -2.21. The third kappa shape index (κ3) is 2.38. The van der Waals surface area contributed by atoms with Gasteiger partial charge in [0.05, 0.1) is 16.8 Å². The molecular formula is C14H7BrClNO5S. The molecule has 0 bridgehead atoms. The Kier molecular flexibility index (Phi) is 3.60. The van der Waals surface area contributed by atoms with E-state index in [2.05, 4.69) is 15.9 Å². The van der Waals surface area contributed by atoms with Gasteiger partial charge in [-0.05, 0) is 40.2 Å². The van der Waals surface area contributed by atoms with Crippen molar-refractivity contribution in [1.82, 2.24) is 0 Å². The van der Waals surface area contributed by atoms with E-state index in [4.69, 9.17) is 17.3 Å². The molecule has 1 aliphatic carbocycles. The number of carbonyl (C=O) groups is 2. The van der Waals surface area contributed by atoms with Crippen molar-refractivity contribution in [2.24, 2.45) is 0 Å². The lowest BCUT2D eigenvalue weighted by molar-refractivity contribution is 0.0979. The Balaban J connectivity index is 2.43. The zero-order chi connectivity index (χ0) is 17.1. The van der Waals surface area contributed by atoms with Crippen LogP contribution in [0.2, 0.25) is 5.02 Å². The van der Waals surface area contributed by atoms with E-state index in [0.29, 0.717) is 0 Å². The first kappa shape index (κ1) is 16.1. The van der Waals surface area contributed by atoms with E-state index in [1.807, 2.05) is 0 Å². The minimum Gasteiger partial charge on any atom is -0.397 e. The fourth-order valence-electron chi connectivity index (χ4n) is 2.49. The van der Waals surface area contributed by atoms with Crippen molar-refractivity contribution in [1.29, 1.82) is 0 Å². The van der Waals surface area contributed by atoms with Crippen molar-refractivity contribution < 1.29 is 22.6 Å². The first-order chi connectivity index (χ1) is 10.6. The number of anilines is 1. The monoisotopic (exact) mass is 415 g/mol. The molecule has 0 spiro atoms. The van der Waals surface area contributed by atoms with E-state index in [0.717, 1.165) is 6.07 Å². The van der Waals surface area contributed by atoms with E-state index in [9.17, 15) is 22.6 Å². The van der Waals surface area contributed by atoms with Crippen molar-refractivity contribution in [2.45, 2.75) is 4.90 Å². The summed E-state index contributed by atoms with van der Waals surface area (Å²) in [6.07, 6.45) is 0. The average molecular weight is 417 g/mol. The third-order valence-corrected chi connectivity index (χ3v) is 5.24. The second-order valence-corrected chi connectivity index (χ2v) is 7.52. The van der Waals surface area contributed by atoms with Crippen LogP contribution < -0.4 is 5.73 Å². The summed E-state index contributed by atoms with van der Waals surface area (Å²) in [4.78, 5) is 24.6. The Hall–Kier alpha value is -1.74. The molecule has 0 saturated carbocycles. The maximum atomic E-state index is 12.7. The number of carbonyl (C=O) groups excluding carboxylic acids is 2. The summed E-state index contributed by atoms with van der Waals surface area (Å²) in [5.74, 6) is -1.13. The van der Waals surface area contributed by atoms with Crippen LogP contribution >= 0.6 is 27.5 Å². The van der Waals surface area contributed by atoms with Crippen LogP contribution in [-0.4, -0.2) is 24.5 Å². The van der Waals surface area contributed by atoms with Gasteiger partial charge in [0.1, 0.15) is 4.90 Å². The molecule has 0 amide bonds. The zero-order valence-electron chi connectivity index (χ0n) is 11.1. The fraction of sp³-hybridized carbons (Fsp3) is 0. The molecule has 3 rings (SSSR count). The number of rotatable bonds is 1. The minimum absolute atomic E-state index is 0.0288. The van der Waals surface area contributed by atoms with Gasteiger partial charge < -0.3 is 5.73 Å². The van der Waals surface area contributed by atoms with Crippen molar-refractivity contribution in [2.75, 3.05) is 5.73 Å². The molecule has 9 heteroatoms. The van der Waals surface area contributed by atoms with Crippen LogP contribution in [0.4, 0.5) is 5.69 Å². The second kappa shape index (κ2) is 5.13. The fourth-order valence-corrected chi connectivity index (χ4v) is 4.06. The highest BCUT2D eigenvalue weighted by Gasteiger charge is 2.36. The number of halogens is 2. The molecule has 2 aromatic rings. The predicted molar refractivity (Wildman–Crippen MR) is 86.7 cm³/mol. The Morgan fingerprint density at radius 1 is 1.04 bits per heavy atom. The first-order valence-corrected chi connectivity index (χ1v) is 8.72. The summed E-state index contributed by atoms with van der Waals surface area (Å²) in [5, 5.41) is 0.247. The van der Waals surface area contributed by atoms with Gasteiger partial charge in [0.15, 0.2) is 11.6 Å². The summed E-state index contributed by atoms with van der Waals surface area (Å²) in [5.41, 5.74) is 5.12. The highest BCUT2D eigenvalue weighted by molar-refractivity contribution is 9.10. The highest BCUT2D eigenvalue weighted by Crippen LogP contribution is 2.39. The minimum atomic E-state index is -4.66. The maximum Gasteiger partial charge on any atom is 0.296 e. The highest BCUT2D eigenvalue weighted by atomic mass is 79.9. The molecule has 0 fully saturated rings. The Labute approximate surface area is 144 Å². The van der Waals surface area contributed by atoms with Crippen molar-refractivity contribution in [3.63, 3.8) is 0 Å². The molecule has 0 unspecified atom stereocenters. The van der Waals surface area contributed by atoms with E-state index in [1.54, 1.807) is 0 Å². The van der Waals surface area contributed by atoms with Crippen LogP contribution in [0.5, 0.6) is 0 Å². The molecule has 0 aliphatic heterocycles. The van der Waals surface area contributed by atoms with Crippen molar-refractivity contribution in [3.05, 3.63) is 56.0 Å². The van der Waals surface area contributed by atoms with Crippen LogP contribution in [0, 0.1) is 0 Å². The lowest BCUT2D eigenvalue weighted by atomic mass is 9.83. The molecule has 6 nitrogen and oxygen atoms in total. The molecule has 2 aromatic carbocycles.